The fourth-order valence-corrected chi connectivity index (χ4v) is 3.99. The van der Waals surface area contributed by atoms with E-state index in [9.17, 15) is 9.18 Å². The van der Waals surface area contributed by atoms with Gasteiger partial charge in [0.2, 0.25) is 0 Å². The number of thiocarbonyl (C=S) groups is 1. The van der Waals surface area contributed by atoms with Gasteiger partial charge in [0.15, 0.2) is 5.11 Å². The van der Waals surface area contributed by atoms with Crippen molar-refractivity contribution in [2.24, 2.45) is 0 Å². The lowest BCUT2D eigenvalue weighted by molar-refractivity contribution is -0.120. The Balaban J connectivity index is 1.71. The molecule has 2 aliphatic rings. The molecule has 0 aliphatic carbocycles. The van der Waals surface area contributed by atoms with Gasteiger partial charge in [0.25, 0.3) is 5.91 Å². The maximum Gasteiger partial charge on any atom is 0.256 e. The summed E-state index contributed by atoms with van der Waals surface area (Å²) in [5.41, 5.74) is 0.0738. The number of anilines is 1. The minimum atomic E-state index is -0.606. The molecule has 1 atom stereocenters. The summed E-state index contributed by atoms with van der Waals surface area (Å²) < 4.78 is 20.4. The molecule has 0 saturated carbocycles. The van der Waals surface area contributed by atoms with Gasteiger partial charge < -0.3 is 9.64 Å². The molecule has 0 bridgehead atoms. The van der Waals surface area contributed by atoms with Crippen LogP contribution in [-0.2, 0) is 4.79 Å². The molecule has 4 nitrogen and oxygen atoms in total. The second-order valence-corrected chi connectivity index (χ2v) is 7.08. The highest BCUT2D eigenvalue weighted by atomic mass is 35.5. The number of ether oxygens (including phenoxy) is 1. The van der Waals surface area contributed by atoms with Crippen molar-refractivity contribution in [2.45, 2.75) is 25.3 Å². The summed E-state index contributed by atoms with van der Waals surface area (Å²) >= 11 is 11.6. The number of benzene rings is 2. The molecule has 26 heavy (non-hydrogen) atoms. The van der Waals surface area contributed by atoms with Crippen LogP contribution in [0, 0.1) is 5.82 Å². The smallest absolute Gasteiger partial charge is 0.256 e. The second kappa shape index (κ2) is 6.85. The molecule has 2 heterocycles. The average Bonchev–Trinajstić information content (AvgIpc) is 2.90. The van der Waals surface area contributed by atoms with Gasteiger partial charge in [0, 0.05) is 12.6 Å². The number of para-hydroxylation sites is 1. The van der Waals surface area contributed by atoms with Gasteiger partial charge >= 0.3 is 0 Å². The molecule has 0 radical (unpaired) electrons. The summed E-state index contributed by atoms with van der Waals surface area (Å²) in [7, 11) is 0. The topological polar surface area (TPSA) is 32.8 Å². The summed E-state index contributed by atoms with van der Waals surface area (Å²) in [6, 6.07) is 11.3. The first kappa shape index (κ1) is 17.2. The Morgan fingerprint density at radius 2 is 1.96 bits per heavy atom. The fourth-order valence-electron chi connectivity index (χ4n) is 3.39. The molecule has 4 rings (SSSR count). The molecule has 1 amide bonds. The molecule has 2 aromatic carbocycles. The zero-order valence-electron chi connectivity index (χ0n) is 13.8. The summed E-state index contributed by atoms with van der Waals surface area (Å²) in [5.74, 6) is 0.0435. The number of hydrogen-bond donors (Lipinski definition) is 0. The Hall–Kier alpha value is -2.18. The molecule has 0 unspecified atom stereocenters. The number of hydrogen-bond acceptors (Lipinski definition) is 3. The maximum absolute atomic E-state index is 14.6. The summed E-state index contributed by atoms with van der Waals surface area (Å²) in [5, 5.41) is 0.469. The molecule has 134 valence electrons. The molecular weight excluding hydrogens is 375 g/mol. The highest BCUT2D eigenvalue weighted by Gasteiger charge is 2.45. The number of nitrogens with zero attached hydrogens (tertiary/aromatic N) is 2. The van der Waals surface area contributed by atoms with Crippen LogP contribution in [0.1, 0.15) is 19.3 Å². The molecule has 0 aromatic heterocycles. The van der Waals surface area contributed by atoms with Gasteiger partial charge in [-0.05, 0) is 49.7 Å². The van der Waals surface area contributed by atoms with E-state index in [4.69, 9.17) is 28.6 Å². The quantitative estimate of drug-likeness (QED) is 0.707. The standard InChI is InChI=1S/C19H16ClFN2O2S/c20-13-10-14(21)16(11-17(13)25-12-6-2-1-3-7-12)23-18(24)15-8-4-5-9-22(15)19(23)26/h1-3,6-7,10-11,15H,4-5,8-9H2/t15-/m0/s1. The predicted molar refractivity (Wildman–Crippen MR) is 102 cm³/mol. The molecule has 2 fully saturated rings. The number of piperidine rings is 1. The Morgan fingerprint density at radius 1 is 1.19 bits per heavy atom. The monoisotopic (exact) mass is 390 g/mol. The predicted octanol–water partition coefficient (Wildman–Crippen LogP) is 4.76. The van der Waals surface area contributed by atoms with Crippen LogP contribution in [0.5, 0.6) is 11.5 Å². The van der Waals surface area contributed by atoms with Gasteiger partial charge in [-0.1, -0.05) is 29.8 Å². The van der Waals surface area contributed by atoms with Crippen molar-refractivity contribution in [3.63, 3.8) is 0 Å². The van der Waals surface area contributed by atoms with Crippen molar-refractivity contribution in [3.05, 3.63) is 53.3 Å². The molecule has 0 spiro atoms. The lowest BCUT2D eigenvalue weighted by Crippen LogP contribution is -2.38. The largest absolute Gasteiger partial charge is 0.456 e. The zero-order valence-corrected chi connectivity index (χ0v) is 15.4. The zero-order chi connectivity index (χ0) is 18.3. The van der Waals surface area contributed by atoms with Crippen LogP contribution in [0.25, 0.3) is 0 Å². The maximum atomic E-state index is 14.6. The van der Waals surface area contributed by atoms with Crippen molar-refractivity contribution in [1.82, 2.24) is 4.90 Å². The number of carbonyl (C=O) groups is 1. The first-order valence-corrected chi connectivity index (χ1v) is 9.21. The summed E-state index contributed by atoms with van der Waals surface area (Å²) in [6.07, 6.45) is 2.68. The van der Waals surface area contributed by atoms with E-state index in [1.807, 2.05) is 23.1 Å². The second-order valence-electron chi connectivity index (χ2n) is 6.31. The van der Waals surface area contributed by atoms with Crippen molar-refractivity contribution in [1.29, 1.82) is 0 Å². The number of amides is 1. The minimum Gasteiger partial charge on any atom is -0.456 e. The number of fused-ring (bicyclic) bond motifs is 1. The molecule has 7 heteroatoms. The summed E-state index contributed by atoms with van der Waals surface area (Å²) in [6.45, 7) is 0.717. The third-order valence-electron chi connectivity index (χ3n) is 4.66. The lowest BCUT2D eigenvalue weighted by atomic mass is 10.0. The number of rotatable bonds is 3. The van der Waals surface area contributed by atoms with E-state index in [1.165, 1.54) is 11.0 Å². The van der Waals surface area contributed by atoms with Crippen molar-refractivity contribution < 1.29 is 13.9 Å². The molecular formula is C19H16ClFN2O2S. The van der Waals surface area contributed by atoms with E-state index in [-0.39, 0.29) is 28.4 Å². The normalized spacial score (nSPS) is 19.7. The lowest BCUT2D eigenvalue weighted by Gasteiger charge is -2.27. The van der Waals surface area contributed by atoms with E-state index in [1.54, 1.807) is 12.1 Å². The van der Waals surface area contributed by atoms with E-state index in [0.29, 0.717) is 17.4 Å². The highest BCUT2D eigenvalue weighted by Crippen LogP contribution is 2.38. The van der Waals surface area contributed by atoms with Gasteiger partial charge in [-0.3, -0.25) is 9.69 Å². The van der Waals surface area contributed by atoms with Gasteiger partial charge in [0.05, 0.1) is 10.7 Å². The molecule has 2 saturated heterocycles. The van der Waals surface area contributed by atoms with Crippen LogP contribution in [0.2, 0.25) is 5.02 Å². The Morgan fingerprint density at radius 3 is 2.69 bits per heavy atom. The van der Waals surface area contributed by atoms with Gasteiger partial charge in [-0.15, -0.1) is 0 Å². The Kier molecular flexibility index (Phi) is 4.54. The van der Waals surface area contributed by atoms with E-state index in [0.717, 1.165) is 25.3 Å². The Labute approximate surface area is 161 Å². The average molecular weight is 391 g/mol. The molecule has 0 N–H and O–H groups in total. The SMILES string of the molecule is O=C1[C@@H]2CCCCN2C(=S)N1c1cc(Oc2ccccc2)c(Cl)cc1F. The van der Waals surface area contributed by atoms with Crippen LogP contribution in [-0.4, -0.2) is 28.5 Å². The van der Waals surface area contributed by atoms with Gasteiger partial charge in [0.1, 0.15) is 23.4 Å². The first-order chi connectivity index (χ1) is 12.6. The van der Waals surface area contributed by atoms with Gasteiger partial charge in [-0.2, -0.15) is 0 Å². The first-order valence-electron chi connectivity index (χ1n) is 8.43. The van der Waals surface area contributed by atoms with Crippen LogP contribution < -0.4 is 9.64 Å². The van der Waals surface area contributed by atoms with E-state index >= 15 is 0 Å². The third-order valence-corrected chi connectivity index (χ3v) is 5.37. The summed E-state index contributed by atoms with van der Waals surface area (Å²) in [4.78, 5) is 16.0. The van der Waals surface area contributed by atoms with Crippen LogP contribution in [0.15, 0.2) is 42.5 Å². The van der Waals surface area contributed by atoms with E-state index in [2.05, 4.69) is 0 Å². The minimum absolute atomic E-state index is 0.0738. The Bertz CT molecular complexity index is 853. The molecule has 2 aliphatic heterocycles. The third kappa shape index (κ3) is 2.93. The molecule has 2 aromatic rings. The van der Waals surface area contributed by atoms with Crippen LogP contribution in [0.3, 0.4) is 0 Å². The van der Waals surface area contributed by atoms with Crippen molar-refractivity contribution in [3.8, 4) is 11.5 Å². The van der Waals surface area contributed by atoms with Crippen molar-refractivity contribution in [2.75, 3.05) is 11.4 Å². The van der Waals surface area contributed by atoms with E-state index < -0.39 is 5.82 Å². The van der Waals surface area contributed by atoms with Crippen LogP contribution >= 0.6 is 23.8 Å². The highest BCUT2D eigenvalue weighted by molar-refractivity contribution is 7.80. The number of carbonyl (C=O) groups excluding carboxylic acids is 1. The number of halogens is 2. The fraction of sp³-hybridized carbons (Fsp3) is 0.263. The van der Waals surface area contributed by atoms with Crippen molar-refractivity contribution >= 4 is 40.5 Å². The van der Waals surface area contributed by atoms with Gasteiger partial charge in [-0.25, -0.2) is 4.39 Å². The van der Waals surface area contributed by atoms with Crippen LogP contribution in [0.4, 0.5) is 10.1 Å².